The quantitative estimate of drug-likeness (QED) is 0.0670. The van der Waals surface area contributed by atoms with Gasteiger partial charge in [0.2, 0.25) is 0 Å². The van der Waals surface area contributed by atoms with Crippen molar-refractivity contribution in [2.24, 2.45) is 0 Å². The van der Waals surface area contributed by atoms with Crippen LogP contribution in [0.1, 0.15) is 59.8 Å². The van der Waals surface area contributed by atoms with E-state index in [2.05, 4.69) is 6.92 Å². The van der Waals surface area contributed by atoms with E-state index in [1.54, 1.807) is 0 Å². The van der Waals surface area contributed by atoms with Crippen LogP contribution >= 0.6 is 0 Å². The number of esters is 2. The molecule has 0 aliphatic heterocycles. The Kier molecular flexibility index (Phi) is 37.6. The van der Waals surface area contributed by atoms with Crippen LogP contribution in [0, 0.1) is 0 Å². The lowest BCUT2D eigenvalue weighted by Crippen LogP contribution is -2.24. The van der Waals surface area contributed by atoms with Gasteiger partial charge in [-0.15, -0.1) is 0 Å². The number of rotatable bonds is 40. The smallest absolute Gasteiger partial charge is 0.308 e. The molecule has 0 aliphatic rings. The number of hydrogen-bond donors (Lipinski definition) is 0. The maximum atomic E-state index is 11.6. The third kappa shape index (κ3) is 42.7. The maximum absolute atomic E-state index is 11.6. The van der Waals surface area contributed by atoms with Crippen molar-refractivity contribution in [3.63, 3.8) is 0 Å². The van der Waals surface area contributed by atoms with E-state index >= 15 is 0 Å². The minimum Gasteiger partial charge on any atom is -0.463 e. The number of carbonyl (C=O) groups excluding carboxylic acids is 2. The molecule has 0 atom stereocenters. The van der Waals surface area contributed by atoms with Crippen LogP contribution in [-0.2, 0) is 71.2 Å². The molecule has 0 aromatic heterocycles. The molecule has 0 fully saturated rings. The summed E-state index contributed by atoms with van der Waals surface area (Å²) in [7, 11) is 0. The van der Waals surface area contributed by atoms with E-state index in [1.807, 2.05) is 20.8 Å². The summed E-state index contributed by atoms with van der Waals surface area (Å²) in [6.07, 6.45) is 3.71. The number of hydrogen-bond acceptors (Lipinski definition) is 15. The average molecular weight is 729 g/mol. The zero-order chi connectivity index (χ0) is 36.6. The molecule has 0 aromatic carbocycles. The first-order valence-electron chi connectivity index (χ1n) is 18.1. The summed E-state index contributed by atoms with van der Waals surface area (Å²) in [6, 6.07) is 0. The van der Waals surface area contributed by atoms with Crippen LogP contribution in [0.15, 0.2) is 0 Å². The molecule has 0 saturated heterocycles. The second-order valence-electron chi connectivity index (χ2n) is 11.8. The monoisotopic (exact) mass is 728 g/mol. The SMILES string of the molecule is CCCCCC(=O)OCCOCCOCCOCCOCCOCCOCCOCCOCCOCCOCCOCCC(=O)OC(C)(C)C. The lowest BCUT2D eigenvalue weighted by molar-refractivity contribution is -0.156. The van der Waals surface area contributed by atoms with Gasteiger partial charge in [0.25, 0.3) is 0 Å². The second kappa shape index (κ2) is 38.7. The van der Waals surface area contributed by atoms with Crippen molar-refractivity contribution >= 4 is 11.9 Å². The second-order valence-corrected chi connectivity index (χ2v) is 11.8. The highest BCUT2D eigenvalue weighted by molar-refractivity contribution is 5.70. The summed E-state index contributed by atoms with van der Waals surface area (Å²) in [5.74, 6) is -0.431. The van der Waals surface area contributed by atoms with Gasteiger partial charge in [0.15, 0.2) is 0 Å². The highest BCUT2D eigenvalue weighted by atomic mass is 16.6. The average Bonchev–Trinajstić information content (AvgIpc) is 3.07. The van der Waals surface area contributed by atoms with E-state index in [1.165, 1.54) is 0 Å². The fraction of sp³-hybridized carbons (Fsp3) is 0.943. The largest absolute Gasteiger partial charge is 0.463 e. The summed E-state index contributed by atoms with van der Waals surface area (Å²) in [5.41, 5.74) is -0.477. The zero-order valence-corrected chi connectivity index (χ0v) is 31.4. The number of unbranched alkanes of at least 4 members (excludes halogenated alkanes) is 2. The lowest BCUT2D eigenvalue weighted by atomic mass is 10.2. The summed E-state index contributed by atoms with van der Waals surface area (Å²) in [4.78, 5) is 23.0. The van der Waals surface area contributed by atoms with Crippen molar-refractivity contribution in [2.45, 2.75) is 65.4 Å². The van der Waals surface area contributed by atoms with E-state index in [0.29, 0.717) is 152 Å². The number of carbonyl (C=O) groups is 2. The molecule has 0 rings (SSSR count). The Morgan fingerprint density at radius 3 is 0.920 bits per heavy atom. The Hall–Kier alpha value is -1.50. The van der Waals surface area contributed by atoms with E-state index in [9.17, 15) is 9.59 Å². The normalized spacial score (nSPS) is 11.7. The van der Waals surface area contributed by atoms with Crippen LogP contribution in [0.2, 0.25) is 0 Å². The van der Waals surface area contributed by atoms with Gasteiger partial charge in [-0.2, -0.15) is 0 Å². The fourth-order valence-electron chi connectivity index (χ4n) is 3.66. The molecule has 298 valence electrons. The molecule has 0 heterocycles. The van der Waals surface area contributed by atoms with Gasteiger partial charge in [-0.05, 0) is 27.2 Å². The van der Waals surface area contributed by atoms with Gasteiger partial charge in [0, 0.05) is 6.42 Å². The molecular weight excluding hydrogens is 660 g/mol. The number of ether oxygens (including phenoxy) is 13. The van der Waals surface area contributed by atoms with E-state index < -0.39 is 5.60 Å². The Morgan fingerprint density at radius 2 is 0.640 bits per heavy atom. The molecule has 50 heavy (non-hydrogen) atoms. The molecule has 0 bridgehead atoms. The van der Waals surface area contributed by atoms with E-state index in [-0.39, 0.29) is 25.0 Å². The predicted molar refractivity (Wildman–Crippen MR) is 185 cm³/mol. The van der Waals surface area contributed by atoms with Crippen molar-refractivity contribution in [1.82, 2.24) is 0 Å². The molecular formula is C35H68O15. The van der Waals surface area contributed by atoms with Gasteiger partial charge >= 0.3 is 11.9 Å². The van der Waals surface area contributed by atoms with Gasteiger partial charge in [-0.25, -0.2) is 0 Å². The minimum atomic E-state index is -0.477. The van der Waals surface area contributed by atoms with Gasteiger partial charge in [-0.1, -0.05) is 19.8 Å². The molecule has 0 unspecified atom stereocenters. The molecule has 0 radical (unpaired) electrons. The molecule has 0 aromatic rings. The van der Waals surface area contributed by atoms with Crippen LogP contribution < -0.4 is 0 Å². The molecule has 0 saturated carbocycles. The first kappa shape index (κ1) is 48.5. The van der Waals surface area contributed by atoms with E-state index in [4.69, 9.17) is 61.6 Å². The van der Waals surface area contributed by atoms with Crippen molar-refractivity contribution < 1.29 is 71.2 Å². The molecule has 0 aliphatic carbocycles. The summed E-state index contributed by atoms with van der Waals surface area (Å²) in [6.45, 7) is 18.1. The van der Waals surface area contributed by atoms with Crippen molar-refractivity contribution in [3.8, 4) is 0 Å². The molecule has 15 nitrogen and oxygen atoms in total. The van der Waals surface area contributed by atoms with Crippen LogP contribution in [0.4, 0.5) is 0 Å². The predicted octanol–water partition coefficient (Wildman–Crippen LogP) is 3.02. The van der Waals surface area contributed by atoms with Gasteiger partial charge < -0.3 is 61.6 Å². The third-order valence-electron chi connectivity index (χ3n) is 6.07. The molecule has 0 spiro atoms. The van der Waals surface area contributed by atoms with Crippen LogP contribution in [0.25, 0.3) is 0 Å². The summed E-state index contributed by atoms with van der Waals surface area (Å²) < 4.78 is 70.2. The zero-order valence-electron chi connectivity index (χ0n) is 31.4. The van der Waals surface area contributed by atoms with Crippen molar-refractivity contribution in [1.29, 1.82) is 0 Å². The van der Waals surface area contributed by atoms with Gasteiger partial charge in [0.05, 0.1) is 152 Å². The maximum Gasteiger partial charge on any atom is 0.308 e. The van der Waals surface area contributed by atoms with Crippen LogP contribution in [-0.4, -0.2) is 169 Å². The van der Waals surface area contributed by atoms with Gasteiger partial charge in [0.1, 0.15) is 12.2 Å². The fourth-order valence-corrected chi connectivity index (χ4v) is 3.66. The molecule has 0 amide bonds. The first-order chi connectivity index (χ1) is 24.3. The summed E-state index contributed by atoms with van der Waals surface area (Å²) in [5, 5.41) is 0. The highest BCUT2D eigenvalue weighted by Crippen LogP contribution is 2.08. The minimum absolute atomic E-state index is 0.163. The third-order valence-corrected chi connectivity index (χ3v) is 6.07. The van der Waals surface area contributed by atoms with Crippen molar-refractivity contribution in [3.05, 3.63) is 0 Å². The Morgan fingerprint density at radius 1 is 0.360 bits per heavy atom. The standard InChI is InChI=1S/C35H68O15/c1-5-6-7-8-33(36)49-32-31-48-30-29-47-28-27-46-26-25-45-24-23-44-22-21-43-20-19-42-18-17-41-16-15-40-14-13-39-12-11-38-10-9-34(37)50-35(2,3)4/h5-32H2,1-4H3. The topological polar surface area (TPSA) is 154 Å². The molecule has 0 N–H and O–H groups in total. The highest BCUT2D eigenvalue weighted by Gasteiger charge is 2.15. The molecule has 15 heteroatoms. The Balaban J connectivity index is 3.12. The Bertz CT molecular complexity index is 721. The Labute approximate surface area is 300 Å². The lowest BCUT2D eigenvalue weighted by Gasteiger charge is -2.19. The van der Waals surface area contributed by atoms with Crippen molar-refractivity contribution in [2.75, 3.05) is 152 Å². The van der Waals surface area contributed by atoms with Crippen LogP contribution in [0.5, 0.6) is 0 Å². The first-order valence-corrected chi connectivity index (χ1v) is 18.1. The van der Waals surface area contributed by atoms with Crippen LogP contribution in [0.3, 0.4) is 0 Å². The summed E-state index contributed by atoms with van der Waals surface area (Å²) >= 11 is 0. The van der Waals surface area contributed by atoms with Gasteiger partial charge in [-0.3, -0.25) is 9.59 Å². The van der Waals surface area contributed by atoms with E-state index in [0.717, 1.165) is 19.3 Å².